The highest BCUT2D eigenvalue weighted by Crippen LogP contribution is 2.50. The fourth-order valence-corrected chi connectivity index (χ4v) is 6.47. The van der Waals surface area contributed by atoms with Crippen molar-refractivity contribution < 1.29 is 22.8 Å². The van der Waals surface area contributed by atoms with Crippen LogP contribution in [0.1, 0.15) is 106 Å². The highest BCUT2D eigenvalue weighted by molar-refractivity contribution is 6.46. The molecule has 1 atom stereocenters. The van der Waals surface area contributed by atoms with E-state index in [0.29, 0.717) is 30.7 Å². The van der Waals surface area contributed by atoms with Crippen molar-refractivity contribution in [2.75, 3.05) is 6.54 Å². The second-order valence-electron chi connectivity index (χ2n) is 13.0. The number of halogens is 3. The fraction of sp³-hybridized carbons (Fsp3) is 0.515. The maximum absolute atomic E-state index is 14.4. The van der Waals surface area contributed by atoms with Crippen LogP contribution in [0.2, 0.25) is 0 Å². The summed E-state index contributed by atoms with van der Waals surface area (Å²) in [4.78, 5) is 34.0. The van der Waals surface area contributed by atoms with Crippen molar-refractivity contribution in [3.05, 3.63) is 70.8 Å². The molecule has 0 radical (unpaired) electrons. The van der Waals surface area contributed by atoms with Gasteiger partial charge in [-0.1, -0.05) is 64.8 Å². The molecule has 244 valence electrons. The largest absolute Gasteiger partial charge is 0.416 e. The number of amidine groups is 1. The molecule has 1 unspecified atom stereocenters. The number of hydrazone groups is 1. The summed E-state index contributed by atoms with van der Waals surface area (Å²) >= 11 is 0. The van der Waals surface area contributed by atoms with Crippen molar-refractivity contribution in [3.63, 3.8) is 0 Å². The highest BCUT2D eigenvalue weighted by atomic mass is 19.4. The lowest BCUT2D eigenvalue weighted by Gasteiger charge is -2.47. The summed E-state index contributed by atoms with van der Waals surface area (Å²) in [6.07, 6.45) is 0.737. The summed E-state index contributed by atoms with van der Waals surface area (Å²) in [7, 11) is 0. The summed E-state index contributed by atoms with van der Waals surface area (Å²) in [6, 6.07) is 11.5. The number of rotatable bonds is 10. The summed E-state index contributed by atoms with van der Waals surface area (Å²) in [5.74, 6) is 4.94. The Morgan fingerprint density at radius 1 is 1.13 bits per heavy atom. The van der Waals surface area contributed by atoms with Crippen LogP contribution in [0, 0.1) is 11.3 Å². The van der Waals surface area contributed by atoms with E-state index in [-0.39, 0.29) is 46.9 Å². The summed E-state index contributed by atoms with van der Waals surface area (Å²) in [5.41, 5.74) is 7.61. The van der Waals surface area contributed by atoms with Crippen molar-refractivity contribution in [2.24, 2.45) is 33.0 Å². The van der Waals surface area contributed by atoms with Gasteiger partial charge in [-0.3, -0.25) is 14.6 Å². The van der Waals surface area contributed by atoms with E-state index < -0.39 is 17.4 Å². The Labute approximate surface area is 262 Å². The maximum Gasteiger partial charge on any atom is 0.416 e. The first-order valence-electron chi connectivity index (χ1n) is 15.5. The van der Waals surface area contributed by atoms with Gasteiger partial charge in [0.2, 0.25) is 0 Å². The number of hydrogen-bond donors (Lipinski definition) is 4. The molecule has 45 heavy (non-hydrogen) atoms. The van der Waals surface area contributed by atoms with Gasteiger partial charge in [0.25, 0.3) is 11.8 Å². The molecule has 9 nitrogen and oxygen atoms in total. The first-order valence-corrected chi connectivity index (χ1v) is 15.5. The van der Waals surface area contributed by atoms with Crippen LogP contribution in [0.4, 0.5) is 13.2 Å². The Morgan fingerprint density at radius 3 is 2.38 bits per heavy atom. The van der Waals surface area contributed by atoms with Crippen molar-refractivity contribution in [2.45, 2.75) is 90.5 Å². The van der Waals surface area contributed by atoms with E-state index in [4.69, 9.17) is 16.6 Å². The zero-order chi connectivity index (χ0) is 33.0. The number of carbonyl (C=O) groups excluding carboxylic acids is 2. The number of aliphatic imine (C=N–C) groups is 1. The molecule has 2 aromatic rings. The second-order valence-corrected chi connectivity index (χ2v) is 13.0. The molecule has 1 spiro atoms. The number of unbranched alkanes of at least 4 members (excludes halogenated alkanes) is 1. The minimum atomic E-state index is -4.54. The van der Waals surface area contributed by atoms with E-state index >= 15 is 0 Å². The fourth-order valence-electron chi connectivity index (χ4n) is 6.47. The zero-order valence-corrected chi connectivity index (χ0v) is 26.4. The third-order valence-corrected chi connectivity index (χ3v) is 9.00. The average Bonchev–Trinajstić information content (AvgIpc) is 3.27. The third-order valence-electron chi connectivity index (χ3n) is 9.00. The van der Waals surface area contributed by atoms with Crippen LogP contribution in [0.15, 0.2) is 58.6 Å². The van der Waals surface area contributed by atoms with Crippen LogP contribution in [-0.2, 0) is 11.0 Å². The molecule has 0 saturated heterocycles. The smallest absolute Gasteiger partial charge is 0.384 e. The van der Waals surface area contributed by atoms with Crippen LogP contribution in [-0.4, -0.2) is 40.5 Å². The van der Waals surface area contributed by atoms with E-state index in [0.717, 1.165) is 43.4 Å². The van der Waals surface area contributed by atoms with Crippen molar-refractivity contribution in [1.29, 1.82) is 0 Å². The van der Waals surface area contributed by atoms with Gasteiger partial charge in [0.05, 0.1) is 18.2 Å². The average molecular weight is 628 g/mol. The lowest BCUT2D eigenvalue weighted by atomic mass is 9.69. The van der Waals surface area contributed by atoms with E-state index in [9.17, 15) is 22.8 Å². The molecule has 1 fully saturated rings. The Balaban J connectivity index is 1.72. The molecular weight excluding hydrogens is 583 g/mol. The van der Waals surface area contributed by atoms with E-state index in [1.807, 2.05) is 17.0 Å². The van der Waals surface area contributed by atoms with Gasteiger partial charge in [-0.15, -0.1) is 0 Å². The van der Waals surface area contributed by atoms with Gasteiger partial charge in [0, 0.05) is 11.1 Å². The Hall–Kier alpha value is -3.93. The predicted octanol–water partition coefficient (Wildman–Crippen LogP) is 5.67. The summed E-state index contributed by atoms with van der Waals surface area (Å²) < 4.78 is 40.9. The molecule has 12 heteroatoms. The first-order chi connectivity index (χ1) is 21.2. The number of alkyl halides is 3. The molecule has 4 rings (SSSR count). The molecule has 1 aliphatic heterocycles. The van der Waals surface area contributed by atoms with Gasteiger partial charge in [-0.25, -0.2) is 11.4 Å². The van der Waals surface area contributed by atoms with Crippen molar-refractivity contribution >= 4 is 23.4 Å². The van der Waals surface area contributed by atoms with Gasteiger partial charge < -0.3 is 16.0 Å². The van der Waals surface area contributed by atoms with Crippen molar-refractivity contribution in [3.8, 4) is 0 Å². The van der Waals surface area contributed by atoms with Gasteiger partial charge >= 0.3 is 6.18 Å². The van der Waals surface area contributed by atoms with Crippen molar-refractivity contribution in [1.82, 2.24) is 15.8 Å². The maximum atomic E-state index is 14.4. The van der Waals surface area contributed by atoms with Crippen LogP contribution in [0.5, 0.6) is 0 Å². The van der Waals surface area contributed by atoms with E-state index in [1.165, 1.54) is 12.1 Å². The summed E-state index contributed by atoms with van der Waals surface area (Å²) in [5, 5.41) is 6.29. The first kappa shape index (κ1) is 34.0. The monoisotopic (exact) mass is 627 g/mol. The van der Waals surface area contributed by atoms with Crippen LogP contribution in [0.25, 0.3) is 0 Å². The van der Waals surface area contributed by atoms with Crippen LogP contribution in [0.3, 0.4) is 0 Å². The lowest BCUT2D eigenvalue weighted by molar-refractivity contribution is -0.137. The lowest BCUT2D eigenvalue weighted by Crippen LogP contribution is -2.51. The SMILES string of the molecule is CCCCC(c1ccc(C(=O)NC/C(N)=N/NN)cc1)N1C(=O)C(c2cccc(C(F)(F)F)c2)=NC12CCC(C(C)(C)C)CC2. The zero-order valence-electron chi connectivity index (χ0n) is 26.4. The number of carbonyl (C=O) groups is 2. The number of nitrogens with one attached hydrogen (secondary N) is 2. The summed E-state index contributed by atoms with van der Waals surface area (Å²) in [6.45, 7) is 8.70. The molecule has 0 bridgehead atoms. The van der Waals surface area contributed by atoms with Gasteiger partial charge in [-0.2, -0.15) is 18.3 Å². The molecule has 2 amide bonds. The predicted molar refractivity (Wildman–Crippen MR) is 169 cm³/mol. The van der Waals surface area contributed by atoms with E-state index in [1.54, 1.807) is 12.1 Å². The number of amides is 2. The molecule has 6 N–H and O–H groups in total. The minimum Gasteiger partial charge on any atom is -0.384 e. The molecule has 1 saturated carbocycles. The third kappa shape index (κ3) is 7.66. The van der Waals surface area contributed by atoms with Crippen LogP contribution < -0.4 is 22.4 Å². The number of nitrogens with two attached hydrogens (primary N) is 2. The number of nitrogens with zero attached hydrogens (tertiary/aromatic N) is 3. The van der Waals surface area contributed by atoms with Gasteiger partial charge in [0.1, 0.15) is 17.2 Å². The second kappa shape index (κ2) is 13.6. The van der Waals surface area contributed by atoms with Gasteiger partial charge in [-0.05, 0) is 73.3 Å². The Morgan fingerprint density at radius 2 is 1.80 bits per heavy atom. The molecule has 2 aliphatic rings. The molecule has 2 aromatic carbocycles. The number of hydrogen-bond acceptors (Lipinski definition) is 6. The minimum absolute atomic E-state index is 0.0000755. The molecule has 0 aromatic heterocycles. The number of hydrazine groups is 1. The molecular formula is C33H44F3N7O2. The molecule has 1 heterocycles. The Bertz CT molecular complexity index is 1420. The topological polar surface area (TPSA) is 138 Å². The standard InChI is InChI=1S/C33H44F3N7O2/c1-5-6-10-26(21-11-13-22(14-12-21)29(44)39-20-27(37)41-42-38)43-30(45)28(23-8-7-9-25(19-23)33(34,35)36)40-32(43)17-15-24(16-18-32)31(2,3)4/h7-9,11-14,19,24,26,42H,5-6,10,15-18,20,38H2,1-4H3,(H2,37,41)(H,39,44). The van der Waals surface area contributed by atoms with E-state index in [2.05, 4.69) is 43.6 Å². The highest BCUT2D eigenvalue weighted by Gasteiger charge is 2.52. The Kier molecular flexibility index (Phi) is 10.3. The molecule has 1 aliphatic carbocycles. The number of benzene rings is 2. The van der Waals surface area contributed by atoms with Crippen LogP contribution >= 0.6 is 0 Å². The normalized spacial score (nSPS) is 21.6. The van der Waals surface area contributed by atoms with Gasteiger partial charge in [0.15, 0.2) is 0 Å². The quantitative estimate of drug-likeness (QED) is 0.116.